The Kier molecular flexibility index (Phi) is 6.20. The molecule has 2 aromatic rings. The SMILES string of the molecule is COc1ccc(C(=O)NNC(=O)COc2ccccc2C)cc1Br. The molecule has 0 saturated heterocycles. The third-order valence-electron chi connectivity index (χ3n) is 3.18. The second kappa shape index (κ2) is 8.35. The number of hydrogen-bond donors (Lipinski definition) is 2. The van der Waals surface area contributed by atoms with Crippen molar-refractivity contribution in [2.75, 3.05) is 13.7 Å². The summed E-state index contributed by atoms with van der Waals surface area (Å²) in [6.07, 6.45) is 0. The second-order valence-electron chi connectivity index (χ2n) is 4.91. The highest BCUT2D eigenvalue weighted by Gasteiger charge is 2.10. The summed E-state index contributed by atoms with van der Waals surface area (Å²) < 4.78 is 11.1. The van der Waals surface area contributed by atoms with Crippen LogP contribution in [0.15, 0.2) is 46.9 Å². The summed E-state index contributed by atoms with van der Waals surface area (Å²) in [5, 5.41) is 0. The van der Waals surface area contributed by atoms with Crippen LogP contribution in [-0.2, 0) is 4.79 Å². The fraction of sp³-hybridized carbons (Fsp3) is 0.176. The number of carbonyl (C=O) groups is 2. The lowest BCUT2D eigenvalue weighted by Crippen LogP contribution is -2.43. The van der Waals surface area contributed by atoms with Crippen LogP contribution in [0, 0.1) is 6.92 Å². The standard InChI is InChI=1S/C17H17BrN2O4/c1-11-5-3-4-6-14(11)24-10-16(21)19-20-17(22)12-7-8-15(23-2)13(18)9-12/h3-9H,10H2,1-2H3,(H,19,21)(H,20,22). The largest absolute Gasteiger partial charge is 0.496 e. The minimum atomic E-state index is -0.459. The first-order valence-corrected chi connectivity index (χ1v) is 7.91. The smallest absolute Gasteiger partial charge is 0.276 e. The molecule has 0 aliphatic rings. The number of hydrogen-bond acceptors (Lipinski definition) is 4. The maximum absolute atomic E-state index is 12.0. The fourth-order valence-corrected chi connectivity index (χ4v) is 2.44. The molecular weight excluding hydrogens is 376 g/mol. The number of rotatable bonds is 5. The van der Waals surface area contributed by atoms with Gasteiger partial charge in [-0.05, 0) is 52.7 Å². The number of carbonyl (C=O) groups excluding carboxylic acids is 2. The molecule has 6 nitrogen and oxygen atoms in total. The monoisotopic (exact) mass is 392 g/mol. The van der Waals surface area contributed by atoms with Gasteiger partial charge in [-0.1, -0.05) is 18.2 Å². The van der Waals surface area contributed by atoms with Crippen LogP contribution < -0.4 is 20.3 Å². The Balaban J connectivity index is 1.84. The maximum atomic E-state index is 12.0. The van der Waals surface area contributed by atoms with Gasteiger partial charge in [-0.2, -0.15) is 0 Å². The second-order valence-corrected chi connectivity index (χ2v) is 5.76. The summed E-state index contributed by atoms with van der Waals surface area (Å²) in [5.41, 5.74) is 5.95. The van der Waals surface area contributed by atoms with Crippen LogP contribution >= 0.6 is 15.9 Å². The average molecular weight is 393 g/mol. The lowest BCUT2D eigenvalue weighted by atomic mass is 10.2. The van der Waals surface area contributed by atoms with E-state index in [-0.39, 0.29) is 6.61 Å². The minimum Gasteiger partial charge on any atom is -0.496 e. The molecule has 0 aliphatic heterocycles. The Morgan fingerprint density at radius 1 is 1.08 bits per heavy atom. The van der Waals surface area contributed by atoms with Crippen LogP contribution in [0.5, 0.6) is 11.5 Å². The zero-order valence-corrected chi connectivity index (χ0v) is 14.8. The van der Waals surface area contributed by atoms with Crippen molar-refractivity contribution in [3.8, 4) is 11.5 Å². The van der Waals surface area contributed by atoms with Crippen molar-refractivity contribution in [2.45, 2.75) is 6.92 Å². The summed E-state index contributed by atoms with van der Waals surface area (Å²) in [6.45, 7) is 1.69. The van der Waals surface area contributed by atoms with E-state index in [4.69, 9.17) is 9.47 Å². The molecule has 0 aliphatic carbocycles. The number of para-hydroxylation sites is 1. The van der Waals surface area contributed by atoms with Gasteiger partial charge in [0.25, 0.3) is 11.8 Å². The van der Waals surface area contributed by atoms with Crippen molar-refractivity contribution < 1.29 is 19.1 Å². The van der Waals surface area contributed by atoms with Gasteiger partial charge in [0.2, 0.25) is 0 Å². The van der Waals surface area contributed by atoms with E-state index >= 15 is 0 Å². The Morgan fingerprint density at radius 2 is 1.83 bits per heavy atom. The lowest BCUT2D eigenvalue weighted by molar-refractivity contribution is -0.123. The van der Waals surface area contributed by atoms with Crippen molar-refractivity contribution in [3.05, 3.63) is 58.1 Å². The highest BCUT2D eigenvalue weighted by molar-refractivity contribution is 9.10. The molecule has 0 bridgehead atoms. The van der Waals surface area contributed by atoms with E-state index < -0.39 is 11.8 Å². The zero-order valence-electron chi connectivity index (χ0n) is 13.3. The summed E-state index contributed by atoms with van der Waals surface area (Å²) >= 11 is 3.30. The van der Waals surface area contributed by atoms with Crippen LogP contribution in [0.2, 0.25) is 0 Å². The van der Waals surface area contributed by atoms with Crippen molar-refractivity contribution >= 4 is 27.7 Å². The number of aryl methyl sites for hydroxylation is 1. The number of nitrogens with one attached hydrogen (secondary N) is 2. The van der Waals surface area contributed by atoms with Crippen LogP contribution in [0.25, 0.3) is 0 Å². The van der Waals surface area contributed by atoms with Gasteiger partial charge in [0.1, 0.15) is 11.5 Å². The molecule has 0 atom stereocenters. The van der Waals surface area contributed by atoms with Gasteiger partial charge in [0.15, 0.2) is 6.61 Å². The van der Waals surface area contributed by atoms with E-state index in [0.717, 1.165) is 5.56 Å². The van der Waals surface area contributed by atoms with E-state index in [1.807, 2.05) is 25.1 Å². The molecule has 0 spiro atoms. The average Bonchev–Trinajstić information content (AvgIpc) is 2.58. The van der Waals surface area contributed by atoms with Gasteiger partial charge in [-0.25, -0.2) is 0 Å². The van der Waals surface area contributed by atoms with E-state index in [2.05, 4.69) is 26.8 Å². The van der Waals surface area contributed by atoms with Gasteiger partial charge in [0, 0.05) is 5.56 Å². The summed E-state index contributed by atoms with van der Waals surface area (Å²) in [4.78, 5) is 23.8. The van der Waals surface area contributed by atoms with Crippen LogP contribution in [0.1, 0.15) is 15.9 Å². The number of amides is 2. The van der Waals surface area contributed by atoms with Crippen molar-refractivity contribution in [1.29, 1.82) is 0 Å². The molecule has 2 N–H and O–H groups in total. The molecule has 0 saturated carbocycles. The number of benzene rings is 2. The molecule has 2 rings (SSSR count). The van der Waals surface area contributed by atoms with Crippen molar-refractivity contribution in [3.63, 3.8) is 0 Å². The van der Waals surface area contributed by atoms with Crippen LogP contribution in [0.3, 0.4) is 0 Å². The van der Waals surface area contributed by atoms with Gasteiger partial charge in [0.05, 0.1) is 11.6 Å². The number of ether oxygens (including phenoxy) is 2. The van der Waals surface area contributed by atoms with Crippen LogP contribution in [-0.4, -0.2) is 25.5 Å². The summed E-state index contributed by atoms with van der Waals surface area (Å²) in [7, 11) is 1.54. The topological polar surface area (TPSA) is 76.7 Å². The first kappa shape index (κ1) is 17.8. The first-order valence-electron chi connectivity index (χ1n) is 7.12. The van der Waals surface area contributed by atoms with Gasteiger partial charge in [-0.15, -0.1) is 0 Å². The Bertz CT molecular complexity index is 749. The van der Waals surface area contributed by atoms with Gasteiger partial charge < -0.3 is 9.47 Å². The molecule has 126 valence electrons. The van der Waals surface area contributed by atoms with Gasteiger partial charge >= 0.3 is 0 Å². The lowest BCUT2D eigenvalue weighted by Gasteiger charge is -2.11. The predicted molar refractivity (Wildman–Crippen MR) is 93.0 cm³/mol. The highest BCUT2D eigenvalue weighted by atomic mass is 79.9. The maximum Gasteiger partial charge on any atom is 0.276 e. The molecule has 24 heavy (non-hydrogen) atoms. The molecule has 0 unspecified atom stereocenters. The normalized spacial score (nSPS) is 9.96. The molecule has 0 heterocycles. The molecular formula is C17H17BrN2O4. The van der Waals surface area contributed by atoms with E-state index in [0.29, 0.717) is 21.5 Å². The number of methoxy groups -OCH3 is 1. The molecule has 2 aromatic carbocycles. The van der Waals surface area contributed by atoms with E-state index in [1.54, 1.807) is 24.3 Å². The van der Waals surface area contributed by atoms with Crippen molar-refractivity contribution in [1.82, 2.24) is 10.9 Å². The molecule has 0 radical (unpaired) electrons. The zero-order chi connectivity index (χ0) is 17.5. The van der Waals surface area contributed by atoms with Gasteiger partial charge in [-0.3, -0.25) is 20.4 Å². The third-order valence-corrected chi connectivity index (χ3v) is 3.80. The molecule has 0 fully saturated rings. The quantitative estimate of drug-likeness (QED) is 0.766. The summed E-state index contributed by atoms with van der Waals surface area (Å²) in [5.74, 6) is 0.335. The molecule has 7 heteroatoms. The van der Waals surface area contributed by atoms with E-state index in [9.17, 15) is 9.59 Å². The number of halogens is 1. The molecule has 0 aromatic heterocycles. The fourth-order valence-electron chi connectivity index (χ4n) is 1.90. The molecule has 2 amide bonds. The Labute approximate surface area is 148 Å². The Hall–Kier alpha value is -2.54. The Morgan fingerprint density at radius 3 is 2.50 bits per heavy atom. The number of hydrazine groups is 1. The van der Waals surface area contributed by atoms with E-state index in [1.165, 1.54) is 7.11 Å². The van der Waals surface area contributed by atoms with Crippen LogP contribution in [0.4, 0.5) is 0 Å². The van der Waals surface area contributed by atoms with Crippen molar-refractivity contribution in [2.24, 2.45) is 0 Å². The highest BCUT2D eigenvalue weighted by Crippen LogP contribution is 2.25. The summed E-state index contributed by atoms with van der Waals surface area (Å²) in [6, 6.07) is 12.2. The third kappa shape index (κ3) is 4.73. The predicted octanol–water partition coefficient (Wildman–Crippen LogP) is 2.61. The minimum absolute atomic E-state index is 0.197. The first-order chi connectivity index (χ1) is 11.5.